The van der Waals surface area contributed by atoms with Crippen LogP contribution in [-0.2, 0) is 6.42 Å². The van der Waals surface area contributed by atoms with Crippen molar-refractivity contribution < 1.29 is 4.92 Å². The Morgan fingerprint density at radius 2 is 2.10 bits per heavy atom. The molecule has 0 aromatic carbocycles. The van der Waals surface area contributed by atoms with Gasteiger partial charge in [0.2, 0.25) is 0 Å². The summed E-state index contributed by atoms with van der Waals surface area (Å²) in [5.74, 6) is 0. The Bertz CT molecular complexity index is 467. The van der Waals surface area contributed by atoms with Crippen molar-refractivity contribution in [1.29, 1.82) is 0 Å². The summed E-state index contributed by atoms with van der Waals surface area (Å²) in [6.45, 7) is 11.3. The SMILES string of the molecule is CCCNC(Cc1ncc(C)cc1[N+](=O)[O-])C(C)(C)C. The van der Waals surface area contributed by atoms with E-state index in [1.54, 1.807) is 12.3 Å². The highest BCUT2D eigenvalue weighted by Gasteiger charge is 2.27. The monoisotopic (exact) mass is 279 g/mol. The van der Waals surface area contributed by atoms with Crippen molar-refractivity contribution in [3.05, 3.63) is 33.6 Å². The number of nitrogens with zero attached hydrogens (tertiary/aromatic N) is 2. The fourth-order valence-electron chi connectivity index (χ4n) is 2.09. The van der Waals surface area contributed by atoms with Gasteiger partial charge in [0.15, 0.2) is 0 Å². The summed E-state index contributed by atoms with van der Waals surface area (Å²) in [6.07, 6.45) is 3.30. The number of nitro groups is 1. The number of aromatic nitrogens is 1. The molecule has 5 heteroatoms. The Morgan fingerprint density at radius 3 is 2.60 bits per heavy atom. The molecule has 0 bridgehead atoms. The van der Waals surface area contributed by atoms with Gasteiger partial charge in [0, 0.05) is 24.7 Å². The molecule has 1 aromatic rings. The molecule has 5 nitrogen and oxygen atoms in total. The Hall–Kier alpha value is -1.49. The van der Waals surface area contributed by atoms with Crippen LogP contribution in [0.5, 0.6) is 0 Å². The maximum Gasteiger partial charge on any atom is 0.291 e. The number of nitrogens with one attached hydrogen (secondary N) is 1. The maximum atomic E-state index is 11.2. The van der Waals surface area contributed by atoms with Gasteiger partial charge >= 0.3 is 0 Å². The molecule has 0 radical (unpaired) electrons. The van der Waals surface area contributed by atoms with Gasteiger partial charge in [0.1, 0.15) is 5.69 Å². The third-order valence-corrected chi connectivity index (χ3v) is 3.36. The van der Waals surface area contributed by atoms with Gasteiger partial charge in [-0.1, -0.05) is 27.7 Å². The van der Waals surface area contributed by atoms with Crippen LogP contribution in [0, 0.1) is 22.5 Å². The second-order valence-corrected chi connectivity index (χ2v) is 6.31. The van der Waals surface area contributed by atoms with Gasteiger partial charge in [-0.3, -0.25) is 15.1 Å². The molecule has 0 aliphatic rings. The van der Waals surface area contributed by atoms with E-state index in [1.165, 1.54) is 0 Å². The van der Waals surface area contributed by atoms with Gasteiger partial charge in [-0.25, -0.2) is 0 Å². The quantitative estimate of drug-likeness (QED) is 0.641. The first-order chi connectivity index (χ1) is 9.25. The zero-order valence-corrected chi connectivity index (χ0v) is 13.1. The highest BCUT2D eigenvalue weighted by molar-refractivity contribution is 5.38. The molecular weight excluding hydrogens is 254 g/mol. The van der Waals surface area contributed by atoms with Crippen molar-refractivity contribution in [3.63, 3.8) is 0 Å². The van der Waals surface area contributed by atoms with E-state index in [9.17, 15) is 10.1 Å². The van der Waals surface area contributed by atoms with Crippen LogP contribution in [0.1, 0.15) is 45.4 Å². The van der Waals surface area contributed by atoms with Crippen LogP contribution in [0.15, 0.2) is 12.3 Å². The third kappa shape index (κ3) is 4.56. The first kappa shape index (κ1) is 16.6. The van der Waals surface area contributed by atoms with Crippen molar-refractivity contribution in [3.8, 4) is 0 Å². The molecule has 112 valence electrons. The lowest BCUT2D eigenvalue weighted by molar-refractivity contribution is -0.386. The fraction of sp³-hybridized carbons (Fsp3) is 0.667. The van der Waals surface area contributed by atoms with Crippen LogP contribution in [0.3, 0.4) is 0 Å². The van der Waals surface area contributed by atoms with Crippen LogP contribution < -0.4 is 5.32 Å². The lowest BCUT2D eigenvalue weighted by Gasteiger charge is -2.31. The lowest BCUT2D eigenvalue weighted by Crippen LogP contribution is -2.42. The second kappa shape index (κ2) is 6.79. The summed E-state index contributed by atoms with van der Waals surface area (Å²) >= 11 is 0. The molecule has 0 amide bonds. The minimum Gasteiger partial charge on any atom is -0.313 e. The average molecular weight is 279 g/mol. The lowest BCUT2D eigenvalue weighted by atomic mass is 9.83. The van der Waals surface area contributed by atoms with Crippen molar-refractivity contribution in [2.24, 2.45) is 5.41 Å². The van der Waals surface area contributed by atoms with E-state index in [4.69, 9.17) is 0 Å². The standard InChI is InChI=1S/C15H25N3O2/c1-6-7-16-14(15(3,4)5)9-12-13(18(19)20)8-11(2)10-17-12/h8,10,14,16H,6-7,9H2,1-5H3. The molecular formula is C15H25N3O2. The van der Waals surface area contributed by atoms with Crippen LogP contribution in [0.2, 0.25) is 0 Å². The van der Waals surface area contributed by atoms with Crippen molar-refractivity contribution in [1.82, 2.24) is 10.3 Å². The Morgan fingerprint density at radius 1 is 1.45 bits per heavy atom. The molecule has 1 heterocycles. The van der Waals surface area contributed by atoms with Crippen molar-refractivity contribution in [2.45, 2.75) is 53.5 Å². The zero-order valence-electron chi connectivity index (χ0n) is 13.1. The number of pyridine rings is 1. The number of rotatable bonds is 6. The van der Waals surface area contributed by atoms with E-state index in [1.807, 2.05) is 6.92 Å². The largest absolute Gasteiger partial charge is 0.313 e. The van der Waals surface area contributed by atoms with Crippen molar-refractivity contribution >= 4 is 5.69 Å². The van der Waals surface area contributed by atoms with Gasteiger partial charge in [-0.2, -0.15) is 0 Å². The third-order valence-electron chi connectivity index (χ3n) is 3.36. The molecule has 0 saturated heterocycles. The molecule has 1 N–H and O–H groups in total. The van der Waals surface area contributed by atoms with Gasteiger partial charge < -0.3 is 5.32 Å². The summed E-state index contributed by atoms with van der Waals surface area (Å²) in [4.78, 5) is 15.1. The molecule has 0 fully saturated rings. The number of aryl methyl sites for hydroxylation is 1. The highest BCUT2D eigenvalue weighted by Crippen LogP contribution is 2.26. The molecule has 1 atom stereocenters. The maximum absolute atomic E-state index is 11.2. The fourth-order valence-corrected chi connectivity index (χ4v) is 2.09. The topological polar surface area (TPSA) is 68.1 Å². The Balaban J connectivity index is 3.01. The van der Waals surface area contributed by atoms with E-state index in [-0.39, 0.29) is 22.1 Å². The minimum atomic E-state index is -0.338. The average Bonchev–Trinajstić information content (AvgIpc) is 2.34. The normalized spacial score (nSPS) is 13.2. The Kier molecular flexibility index (Phi) is 5.62. The zero-order chi connectivity index (χ0) is 15.3. The summed E-state index contributed by atoms with van der Waals surface area (Å²) in [5, 5.41) is 14.6. The predicted molar refractivity (Wildman–Crippen MR) is 80.9 cm³/mol. The van der Waals surface area contributed by atoms with Gasteiger partial charge in [0.05, 0.1) is 4.92 Å². The first-order valence-corrected chi connectivity index (χ1v) is 7.09. The molecule has 20 heavy (non-hydrogen) atoms. The molecule has 0 saturated carbocycles. The van der Waals surface area contributed by atoms with Crippen molar-refractivity contribution in [2.75, 3.05) is 6.54 Å². The van der Waals surface area contributed by atoms with Gasteiger partial charge in [-0.15, -0.1) is 0 Å². The van der Waals surface area contributed by atoms with E-state index in [0.29, 0.717) is 12.1 Å². The van der Waals surface area contributed by atoms with E-state index >= 15 is 0 Å². The first-order valence-electron chi connectivity index (χ1n) is 7.09. The minimum absolute atomic E-state index is 0.0234. The summed E-state index contributed by atoms with van der Waals surface area (Å²) in [7, 11) is 0. The van der Waals surface area contributed by atoms with Crippen LogP contribution in [-0.4, -0.2) is 22.5 Å². The summed E-state index contributed by atoms with van der Waals surface area (Å²) < 4.78 is 0. The molecule has 0 aliphatic carbocycles. The van der Waals surface area contributed by atoms with Gasteiger partial charge in [0.25, 0.3) is 5.69 Å². The second-order valence-electron chi connectivity index (χ2n) is 6.31. The summed E-state index contributed by atoms with van der Waals surface area (Å²) in [5.41, 5.74) is 1.52. The highest BCUT2D eigenvalue weighted by atomic mass is 16.6. The molecule has 1 aromatic heterocycles. The van der Waals surface area contributed by atoms with Crippen LogP contribution >= 0.6 is 0 Å². The van der Waals surface area contributed by atoms with E-state index in [0.717, 1.165) is 18.5 Å². The number of hydrogen-bond acceptors (Lipinski definition) is 4. The molecule has 0 spiro atoms. The smallest absolute Gasteiger partial charge is 0.291 e. The number of hydrogen-bond donors (Lipinski definition) is 1. The predicted octanol–water partition coefficient (Wildman–Crippen LogP) is 3.26. The molecule has 1 rings (SSSR count). The van der Waals surface area contributed by atoms with E-state index in [2.05, 4.69) is 38.0 Å². The van der Waals surface area contributed by atoms with Gasteiger partial charge in [-0.05, 0) is 30.9 Å². The molecule has 0 aliphatic heterocycles. The van der Waals surface area contributed by atoms with Crippen LogP contribution in [0.4, 0.5) is 5.69 Å². The van der Waals surface area contributed by atoms with Crippen LogP contribution in [0.25, 0.3) is 0 Å². The summed E-state index contributed by atoms with van der Waals surface area (Å²) in [6, 6.07) is 1.76. The Labute approximate surface area is 121 Å². The molecule has 1 unspecified atom stereocenters. The van der Waals surface area contributed by atoms with E-state index < -0.39 is 0 Å².